The number of rotatable bonds is 8. The summed E-state index contributed by atoms with van der Waals surface area (Å²) in [5.41, 5.74) is 5.34. The largest absolute Gasteiger partial charge is 0.381 e. The van der Waals surface area contributed by atoms with Crippen molar-refractivity contribution in [1.82, 2.24) is 14.9 Å². The van der Waals surface area contributed by atoms with Gasteiger partial charge in [0.25, 0.3) is 0 Å². The van der Waals surface area contributed by atoms with Crippen molar-refractivity contribution in [3.8, 4) is 0 Å². The normalized spacial score (nSPS) is 13.3. The summed E-state index contributed by atoms with van der Waals surface area (Å²) < 4.78 is 1.61. The fourth-order valence-electron chi connectivity index (χ4n) is 2.51. The third-order valence-corrected chi connectivity index (χ3v) is 3.48. The third-order valence-electron chi connectivity index (χ3n) is 3.48. The van der Waals surface area contributed by atoms with Crippen LogP contribution in [-0.4, -0.2) is 32.5 Å². The number of carbonyl (C=O) groups is 1. The molecule has 0 aliphatic carbocycles. The summed E-state index contributed by atoms with van der Waals surface area (Å²) in [5.74, 6) is 0.615. The molecule has 3 N–H and O–H groups in total. The Bertz CT molecular complexity index is 547. The van der Waals surface area contributed by atoms with E-state index in [1.54, 1.807) is 11.5 Å². The third kappa shape index (κ3) is 6.54. The van der Waals surface area contributed by atoms with Crippen LogP contribution in [0.4, 0.5) is 5.82 Å². The lowest BCUT2D eigenvalue weighted by Gasteiger charge is -2.31. The van der Waals surface area contributed by atoms with Crippen molar-refractivity contribution < 1.29 is 9.72 Å². The number of hydrogen-bond acceptors (Lipinski definition) is 5. The molecular weight excluding hydrogens is 322 g/mol. The van der Waals surface area contributed by atoms with Crippen molar-refractivity contribution in [1.29, 1.82) is 0 Å². The highest BCUT2D eigenvalue weighted by molar-refractivity contribution is 5.85. The van der Waals surface area contributed by atoms with Gasteiger partial charge in [0.2, 0.25) is 11.7 Å². The summed E-state index contributed by atoms with van der Waals surface area (Å²) in [6.45, 7) is 8.47. The number of amides is 1. The van der Waals surface area contributed by atoms with Gasteiger partial charge in [-0.2, -0.15) is 0 Å². The van der Waals surface area contributed by atoms with Crippen LogP contribution in [0.2, 0.25) is 0 Å². The number of halogens is 1. The number of nitrogens with two attached hydrogens (primary N) is 1. The van der Waals surface area contributed by atoms with Crippen LogP contribution in [0, 0.1) is 23.0 Å². The molecule has 1 amide bonds. The molecule has 1 heterocycles. The molecule has 1 atom stereocenters. The predicted octanol–water partition coefficient (Wildman–Crippen LogP) is 1.79. The van der Waals surface area contributed by atoms with E-state index in [4.69, 9.17) is 5.73 Å². The van der Waals surface area contributed by atoms with Gasteiger partial charge < -0.3 is 25.7 Å². The van der Waals surface area contributed by atoms with E-state index in [1.807, 2.05) is 6.92 Å². The summed E-state index contributed by atoms with van der Waals surface area (Å²) in [6.07, 6.45) is 2.37. The Kier molecular flexibility index (Phi) is 8.19. The number of nitrogens with zero attached hydrogens (tertiary/aromatic N) is 3. The second-order valence-electron chi connectivity index (χ2n) is 6.26. The number of carbonyl (C=O) groups excluding carboxylic acids is 1. The smallest absolute Gasteiger partial charge is 0.358 e. The van der Waals surface area contributed by atoms with Gasteiger partial charge in [-0.1, -0.05) is 13.8 Å². The van der Waals surface area contributed by atoms with E-state index in [2.05, 4.69) is 24.1 Å². The minimum Gasteiger partial charge on any atom is -0.358 e. The van der Waals surface area contributed by atoms with Crippen molar-refractivity contribution in [2.45, 2.75) is 52.6 Å². The van der Waals surface area contributed by atoms with Gasteiger partial charge in [0.1, 0.15) is 6.20 Å². The van der Waals surface area contributed by atoms with Crippen molar-refractivity contribution in [3.63, 3.8) is 0 Å². The molecule has 0 fully saturated rings. The molecule has 8 nitrogen and oxygen atoms in total. The lowest BCUT2D eigenvalue weighted by atomic mass is 9.90. The van der Waals surface area contributed by atoms with Gasteiger partial charge in [-0.25, -0.2) is 0 Å². The maximum atomic E-state index is 12.1. The average Bonchev–Trinajstić information content (AvgIpc) is 2.77. The molecular formula is C14H26ClN5O3. The molecule has 1 aromatic heterocycles. The van der Waals surface area contributed by atoms with E-state index >= 15 is 0 Å². The van der Waals surface area contributed by atoms with E-state index in [-0.39, 0.29) is 30.6 Å². The van der Waals surface area contributed by atoms with Crippen molar-refractivity contribution in [2.75, 3.05) is 6.54 Å². The average molecular weight is 348 g/mol. The van der Waals surface area contributed by atoms with Crippen LogP contribution < -0.4 is 11.1 Å². The topological polar surface area (TPSA) is 116 Å². The van der Waals surface area contributed by atoms with Gasteiger partial charge in [0, 0.05) is 32.0 Å². The Morgan fingerprint density at radius 1 is 1.57 bits per heavy atom. The molecule has 0 aliphatic rings. The van der Waals surface area contributed by atoms with Crippen LogP contribution in [0.1, 0.15) is 39.4 Å². The Labute approximate surface area is 142 Å². The summed E-state index contributed by atoms with van der Waals surface area (Å²) in [4.78, 5) is 26.0. The zero-order valence-electron chi connectivity index (χ0n) is 14.0. The number of imidazole rings is 1. The van der Waals surface area contributed by atoms with Crippen molar-refractivity contribution in [2.24, 2.45) is 11.7 Å². The lowest BCUT2D eigenvalue weighted by Crippen LogP contribution is -2.52. The summed E-state index contributed by atoms with van der Waals surface area (Å²) in [6, 6.07) is 0. The van der Waals surface area contributed by atoms with Crippen LogP contribution in [-0.2, 0) is 11.3 Å². The summed E-state index contributed by atoms with van der Waals surface area (Å²) >= 11 is 0. The second kappa shape index (κ2) is 8.83. The van der Waals surface area contributed by atoms with Gasteiger partial charge >= 0.3 is 5.82 Å². The van der Waals surface area contributed by atoms with Gasteiger partial charge in [-0.05, 0) is 29.2 Å². The van der Waals surface area contributed by atoms with Gasteiger partial charge in [0.15, 0.2) is 0 Å². The first-order valence-electron chi connectivity index (χ1n) is 7.36. The molecule has 0 saturated carbocycles. The van der Waals surface area contributed by atoms with Crippen LogP contribution in [0.5, 0.6) is 0 Å². The molecule has 1 rings (SSSR count). The Hall–Kier alpha value is -1.67. The SMILES string of the molecule is Cc1nc([N+](=O)[O-])cn1CCC(=O)NC(C)(CN)CC(C)C.Cl. The maximum absolute atomic E-state index is 12.1. The molecule has 0 radical (unpaired) electrons. The number of nitro groups is 1. The highest BCUT2D eigenvalue weighted by Gasteiger charge is 2.26. The Morgan fingerprint density at radius 2 is 2.17 bits per heavy atom. The van der Waals surface area contributed by atoms with Crippen LogP contribution in [0.15, 0.2) is 6.20 Å². The van der Waals surface area contributed by atoms with E-state index in [1.165, 1.54) is 6.20 Å². The molecule has 23 heavy (non-hydrogen) atoms. The van der Waals surface area contributed by atoms with Gasteiger partial charge in [0.05, 0.1) is 0 Å². The molecule has 0 bridgehead atoms. The minimum absolute atomic E-state index is 0. The fraction of sp³-hybridized carbons (Fsp3) is 0.714. The predicted molar refractivity (Wildman–Crippen MR) is 90.5 cm³/mol. The lowest BCUT2D eigenvalue weighted by molar-refractivity contribution is -0.389. The number of nitrogens with one attached hydrogen (secondary N) is 1. The van der Waals surface area contributed by atoms with Crippen LogP contribution in [0.3, 0.4) is 0 Å². The fourth-order valence-corrected chi connectivity index (χ4v) is 2.51. The highest BCUT2D eigenvalue weighted by Crippen LogP contribution is 2.16. The monoisotopic (exact) mass is 347 g/mol. The molecule has 132 valence electrons. The van der Waals surface area contributed by atoms with Gasteiger partial charge in [-0.15, -0.1) is 12.4 Å². The number of aromatic nitrogens is 2. The molecule has 1 unspecified atom stereocenters. The second-order valence-corrected chi connectivity index (χ2v) is 6.26. The first-order chi connectivity index (χ1) is 10.2. The minimum atomic E-state index is -0.544. The molecule has 0 aliphatic heterocycles. The van der Waals surface area contributed by atoms with E-state index in [0.717, 1.165) is 6.42 Å². The summed E-state index contributed by atoms with van der Waals surface area (Å²) in [5, 5.41) is 13.6. The van der Waals surface area contributed by atoms with E-state index in [9.17, 15) is 14.9 Å². The Morgan fingerprint density at radius 3 is 2.61 bits per heavy atom. The summed E-state index contributed by atoms with van der Waals surface area (Å²) in [7, 11) is 0. The van der Waals surface area contributed by atoms with Crippen LogP contribution in [0.25, 0.3) is 0 Å². The zero-order valence-corrected chi connectivity index (χ0v) is 14.9. The zero-order chi connectivity index (χ0) is 16.9. The van der Waals surface area contributed by atoms with Crippen LogP contribution >= 0.6 is 12.4 Å². The van der Waals surface area contributed by atoms with E-state index < -0.39 is 10.5 Å². The van der Waals surface area contributed by atoms with Crippen molar-refractivity contribution >= 4 is 24.1 Å². The molecule has 9 heteroatoms. The Balaban J connectivity index is 0.00000484. The van der Waals surface area contributed by atoms with Crippen molar-refractivity contribution in [3.05, 3.63) is 22.1 Å². The molecule has 0 saturated heterocycles. The quantitative estimate of drug-likeness (QED) is 0.549. The maximum Gasteiger partial charge on any atom is 0.381 e. The standard InChI is InChI=1S/C14H25N5O3.ClH/c1-10(2)7-14(4,9-15)17-13(20)5-6-18-8-12(19(21)22)16-11(18)3;/h8,10H,5-7,9,15H2,1-4H3,(H,17,20);1H. The molecule has 1 aromatic rings. The van der Waals surface area contributed by atoms with E-state index in [0.29, 0.717) is 24.8 Å². The van der Waals surface area contributed by atoms with Gasteiger partial charge in [-0.3, -0.25) is 4.79 Å². The number of hydrogen-bond donors (Lipinski definition) is 2. The number of aryl methyl sites for hydroxylation is 2. The molecule has 0 aromatic carbocycles. The molecule has 0 spiro atoms. The first kappa shape index (κ1) is 21.3. The first-order valence-corrected chi connectivity index (χ1v) is 7.36. The highest BCUT2D eigenvalue weighted by atomic mass is 35.5.